The lowest BCUT2D eigenvalue weighted by atomic mass is 10.0. The molecule has 0 saturated heterocycles. The molecule has 0 atom stereocenters. The van der Waals surface area contributed by atoms with E-state index in [9.17, 15) is 0 Å². The molecule has 0 bridgehead atoms. The summed E-state index contributed by atoms with van der Waals surface area (Å²) in [6.45, 7) is 7.39. The molecule has 0 aromatic carbocycles. The highest BCUT2D eigenvalue weighted by molar-refractivity contribution is 4.83. The summed E-state index contributed by atoms with van der Waals surface area (Å²) in [5, 5.41) is 0. The summed E-state index contributed by atoms with van der Waals surface area (Å²) in [6.07, 6.45) is 23.6. The zero-order valence-electron chi connectivity index (χ0n) is 20.4. The van der Waals surface area contributed by atoms with Crippen LogP contribution >= 0.6 is 0 Å². The van der Waals surface area contributed by atoms with Gasteiger partial charge < -0.3 is 14.2 Å². The maximum Gasteiger partial charge on any atom is 0.171 e. The lowest BCUT2D eigenvalue weighted by molar-refractivity contribution is -0.698. The van der Waals surface area contributed by atoms with E-state index in [2.05, 4.69) is 23.9 Å². The standard InChI is InChI=1S/C27H50NO3/c1-2-3-4-5-6-7-8-9-10-11-12-13-14-18-22-29-24-26-31-27-25-30-23-21-28-19-16-15-17-20-28/h15-17,19-20H,2-14,18,21-27H2,1H3/q+1. The minimum Gasteiger partial charge on any atom is -0.379 e. The van der Waals surface area contributed by atoms with Crippen molar-refractivity contribution in [1.82, 2.24) is 0 Å². The number of hydrogen-bond donors (Lipinski definition) is 0. The fourth-order valence-corrected chi connectivity index (χ4v) is 3.69. The van der Waals surface area contributed by atoms with Gasteiger partial charge in [0.1, 0.15) is 6.61 Å². The SMILES string of the molecule is CCCCCCCCCCCCCCCCOCCOCCOCC[n+]1ccccc1. The Hall–Kier alpha value is -0.970. The number of rotatable bonds is 24. The van der Waals surface area contributed by atoms with Crippen LogP contribution in [-0.2, 0) is 20.8 Å². The van der Waals surface area contributed by atoms with Crippen LogP contribution in [0.3, 0.4) is 0 Å². The van der Waals surface area contributed by atoms with Crippen molar-refractivity contribution in [1.29, 1.82) is 0 Å². The molecule has 0 fully saturated rings. The summed E-state index contributed by atoms with van der Waals surface area (Å²) in [5.41, 5.74) is 0. The van der Waals surface area contributed by atoms with Gasteiger partial charge in [-0.1, -0.05) is 96.5 Å². The predicted octanol–water partition coefficient (Wildman–Crippen LogP) is 6.51. The van der Waals surface area contributed by atoms with Gasteiger partial charge >= 0.3 is 0 Å². The fraction of sp³-hybridized carbons (Fsp3) is 0.815. The molecule has 1 aromatic rings. The first kappa shape index (κ1) is 28.1. The van der Waals surface area contributed by atoms with Gasteiger partial charge in [-0.25, -0.2) is 4.57 Å². The van der Waals surface area contributed by atoms with Crippen LogP contribution in [0.4, 0.5) is 0 Å². The Morgan fingerprint density at radius 3 is 1.39 bits per heavy atom. The summed E-state index contributed by atoms with van der Waals surface area (Å²) in [6, 6.07) is 6.08. The second-order valence-electron chi connectivity index (χ2n) is 8.55. The monoisotopic (exact) mass is 436 g/mol. The Bertz CT molecular complexity index is 455. The average molecular weight is 437 g/mol. The Labute approximate surface area is 192 Å². The van der Waals surface area contributed by atoms with E-state index >= 15 is 0 Å². The van der Waals surface area contributed by atoms with Crippen LogP contribution in [0.2, 0.25) is 0 Å². The first-order valence-electron chi connectivity index (χ1n) is 13.1. The zero-order valence-corrected chi connectivity index (χ0v) is 20.4. The number of hydrogen-bond acceptors (Lipinski definition) is 3. The largest absolute Gasteiger partial charge is 0.379 e. The van der Waals surface area contributed by atoms with Crippen LogP contribution in [0.1, 0.15) is 96.8 Å². The Morgan fingerprint density at radius 2 is 0.871 bits per heavy atom. The van der Waals surface area contributed by atoms with E-state index in [-0.39, 0.29) is 0 Å². The van der Waals surface area contributed by atoms with Crippen molar-refractivity contribution >= 4 is 0 Å². The van der Waals surface area contributed by atoms with Crippen LogP contribution in [0, 0.1) is 0 Å². The number of ether oxygens (including phenoxy) is 3. The number of pyridine rings is 1. The van der Waals surface area contributed by atoms with Gasteiger partial charge in [-0.05, 0) is 6.42 Å². The van der Waals surface area contributed by atoms with E-state index in [0.29, 0.717) is 33.0 Å². The highest BCUT2D eigenvalue weighted by Crippen LogP contribution is 2.12. The molecule has 0 aliphatic carbocycles. The molecule has 180 valence electrons. The van der Waals surface area contributed by atoms with Gasteiger partial charge in [-0.15, -0.1) is 0 Å². The highest BCUT2D eigenvalue weighted by Gasteiger charge is 1.98. The van der Waals surface area contributed by atoms with E-state index < -0.39 is 0 Å². The van der Waals surface area contributed by atoms with Crippen molar-refractivity contribution in [3.63, 3.8) is 0 Å². The predicted molar refractivity (Wildman–Crippen MR) is 129 cm³/mol. The maximum absolute atomic E-state index is 5.66. The fourth-order valence-electron chi connectivity index (χ4n) is 3.69. The second kappa shape index (κ2) is 23.7. The normalized spacial score (nSPS) is 11.3. The van der Waals surface area contributed by atoms with Crippen molar-refractivity contribution in [3.8, 4) is 0 Å². The molecule has 0 aliphatic heterocycles. The zero-order chi connectivity index (χ0) is 22.1. The van der Waals surface area contributed by atoms with E-state index in [1.54, 1.807) is 0 Å². The van der Waals surface area contributed by atoms with Crippen molar-refractivity contribution in [3.05, 3.63) is 30.6 Å². The van der Waals surface area contributed by atoms with Crippen LogP contribution < -0.4 is 4.57 Å². The molecule has 1 aromatic heterocycles. The lowest BCUT2D eigenvalue weighted by Gasteiger charge is -2.06. The minimum absolute atomic E-state index is 0.641. The summed E-state index contributed by atoms with van der Waals surface area (Å²) >= 11 is 0. The molecule has 1 heterocycles. The molecule has 0 aliphatic rings. The van der Waals surface area contributed by atoms with Crippen LogP contribution in [0.5, 0.6) is 0 Å². The third kappa shape index (κ3) is 20.7. The third-order valence-electron chi connectivity index (χ3n) is 5.66. The Balaban J connectivity index is 1.65. The molecule has 0 saturated carbocycles. The molecule has 4 heteroatoms. The van der Waals surface area contributed by atoms with Gasteiger partial charge in [0.2, 0.25) is 0 Å². The summed E-state index contributed by atoms with van der Waals surface area (Å²) in [4.78, 5) is 0. The number of unbranched alkanes of at least 4 members (excludes halogenated alkanes) is 13. The molecule has 0 unspecified atom stereocenters. The van der Waals surface area contributed by atoms with Gasteiger partial charge in [-0.3, -0.25) is 0 Å². The third-order valence-corrected chi connectivity index (χ3v) is 5.66. The van der Waals surface area contributed by atoms with E-state index in [1.165, 1.54) is 89.9 Å². The first-order valence-corrected chi connectivity index (χ1v) is 13.1. The van der Waals surface area contributed by atoms with Crippen LogP contribution in [0.25, 0.3) is 0 Å². The number of aromatic nitrogens is 1. The van der Waals surface area contributed by atoms with Crippen molar-refractivity contribution in [2.75, 3.05) is 39.6 Å². The van der Waals surface area contributed by atoms with Crippen LogP contribution in [0.15, 0.2) is 30.6 Å². The maximum atomic E-state index is 5.66. The Kier molecular flexibility index (Phi) is 21.4. The van der Waals surface area contributed by atoms with Crippen molar-refractivity contribution in [2.45, 2.75) is 103 Å². The van der Waals surface area contributed by atoms with E-state index in [1.807, 2.05) is 18.2 Å². The van der Waals surface area contributed by atoms with E-state index in [4.69, 9.17) is 14.2 Å². The molecule has 1 rings (SSSR count). The molecule has 0 N–H and O–H groups in total. The van der Waals surface area contributed by atoms with Gasteiger partial charge in [0.15, 0.2) is 18.9 Å². The molecule has 0 amide bonds. The molecule has 0 spiro atoms. The summed E-state index contributed by atoms with van der Waals surface area (Å²) < 4.78 is 18.9. The first-order chi connectivity index (χ1) is 15.4. The summed E-state index contributed by atoms with van der Waals surface area (Å²) in [5.74, 6) is 0. The summed E-state index contributed by atoms with van der Waals surface area (Å²) in [7, 11) is 0. The molecule has 31 heavy (non-hydrogen) atoms. The second-order valence-corrected chi connectivity index (χ2v) is 8.55. The molecule has 4 nitrogen and oxygen atoms in total. The van der Waals surface area contributed by atoms with Crippen LogP contribution in [-0.4, -0.2) is 39.6 Å². The minimum atomic E-state index is 0.641. The van der Waals surface area contributed by atoms with Gasteiger partial charge in [-0.2, -0.15) is 0 Å². The van der Waals surface area contributed by atoms with Gasteiger partial charge in [0, 0.05) is 18.7 Å². The smallest absolute Gasteiger partial charge is 0.171 e. The molecular formula is C27H50NO3+. The molecular weight excluding hydrogens is 386 g/mol. The highest BCUT2D eigenvalue weighted by atomic mass is 16.5. The van der Waals surface area contributed by atoms with Gasteiger partial charge in [0.25, 0.3) is 0 Å². The van der Waals surface area contributed by atoms with E-state index in [0.717, 1.165) is 13.2 Å². The molecule has 0 radical (unpaired) electrons. The topological polar surface area (TPSA) is 31.6 Å². The Morgan fingerprint density at radius 1 is 0.452 bits per heavy atom. The van der Waals surface area contributed by atoms with Crippen molar-refractivity contribution < 1.29 is 18.8 Å². The van der Waals surface area contributed by atoms with Crippen molar-refractivity contribution in [2.24, 2.45) is 0 Å². The lowest BCUT2D eigenvalue weighted by Crippen LogP contribution is -2.34. The average Bonchev–Trinajstić information content (AvgIpc) is 2.80. The quantitative estimate of drug-likeness (QED) is 0.137. The number of nitrogens with zero attached hydrogens (tertiary/aromatic N) is 1. The van der Waals surface area contributed by atoms with Gasteiger partial charge in [0.05, 0.1) is 26.4 Å².